The van der Waals surface area contributed by atoms with Gasteiger partial charge in [0.15, 0.2) is 5.69 Å². The molecule has 1 saturated carbocycles. The van der Waals surface area contributed by atoms with Gasteiger partial charge in [-0.15, -0.1) is 16.4 Å². The van der Waals surface area contributed by atoms with Gasteiger partial charge in [-0.3, -0.25) is 0 Å². The standard InChI is InChI=1S/C12H14N4O2S/c1-2-9-13-8(6-19-9)5-16-11(7-3-4-7)10(12(17)18)14-15-16/h6-7H,2-5H2,1H3,(H,17,18). The van der Waals surface area contributed by atoms with E-state index in [-0.39, 0.29) is 5.69 Å². The molecule has 1 aliphatic rings. The zero-order valence-electron chi connectivity index (χ0n) is 10.5. The van der Waals surface area contributed by atoms with Gasteiger partial charge < -0.3 is 5.11 Å². The smallest absolute Gasteiger partial charge is 0.358 e. The number of aryl methyl sites for hydroxylation is 1. The third-order valence-electron chi connectivity index (χ3n) is 3.15. The minimum Gasteiger partial charge on any atom is -0.476 e. The van der Waals surface area contributed by atoms with Crippen LogP contribution in [0.5, 0.6) is 0 Å². The number of carboxylic acid groups (broad SMARTS) is 1. The lowest BCUT2D eigenvalue weighted by atomic mass is 10.2. The van der Waals surface area contributed by atoms with Gasteiger partial charge in [0.05, 0.1) is 22.9 Å². The summed E-state index contributed by atoms with van der Waals surface area (Å²) in [5.74, 6) is -0.703. The molecule has 0 radical (unpaired) electrons. The molecule has 3 rings (SSSR count). The van der Waals surface area contributed by atoms with Crippen molar-refractivity contribution in [3.63, 3.8) is 0 Å². The van der Waals surface area contributed by atoms with Gasteiger partial charge in [-0.2, -0.15) is 0 Å². The number of aromatic carboxylic acids is 1. The van der Waals surface area contributed by atoms with Crippen molar-refractivity contribution in [1.29, 1.82) is 0 Å². The van der Waals surface area contributed by atoms with E-state index in [2.05, 4.69) is 22.2 Å². The molecule has 0 amide bonds. The van der Waals surface area contributed by atoms with Gasteiger partial charge in [0, 0.05) is 11.3 Å². The van der Waals surface area contributed by atoms with E-state index in [1.54, 1.807) is 16.0 Å². The number of hydrogen-bond acceptors (Lipinski definition) is 5. The second-order valence-electron chi connectivity index (χ2n) is 4.65. The van der Waals surface area contributed by atoms with E-state index in [4.69, 9.17) is 5.11 Å². The maximum atomic E-state index is 11.1. The monoisotopic (exact) mass is 278 g/mol. The van der Waals surface area contributed by atoms with Crippen molar-refractivity contribution in [2.75, 3.05) is 0 Å². The first-order valence-electron chi connectivity index (χ1n) is 6.29. The maximum absolute atomic E-state index is 11.1. The van der Waals surface area contributed by atoms with Crippen LogP contribution in [0, 0.1) is 0 Å². The van der Waals surface area contributed by atoms with Gasteiger partial charge in [0.1, 0.15) is 0 Å². The number of carbonyl (C=O) groups is 1. The Balaban J connectivity index is 1.90. The molecule has 1 fully saturated rings. The minimum absolute atomic E-state index is 0.0912. The molecule has 6 nitrogen and oxygen atoms in total. The Morgan fingerprint density at radius 2 is 2.37 bits per heavy atom. The van der Waals surface area contributed by atoms with E-state index >= 15 is 0 Å². The highest BCUT2D eigenvalue weighted by Crippen LogP contribution is 2.41. The number of hydrogen-bond donors (Lipinski definition) is 1. The summed E-state index contributed by atoms with van der Waals surface area (Å²) < 4.78 is 1.69. The molecule has 1 N–H and O–H groups in total. The molecule has 0 aromatic carbocycles. The highest BCUT2D eigenvalue weighted by atomic mass is 32.1. The van der Waals surface area contributed by atoms with Crippen LogP contribution < -0.4 is 0 Å². The highest BCUT2D eigenvalue weighted by Gasteiger charge is 2.33. The molecule has 0 unspecified atom stereocenters. The first-order chi connectivity index (χ1) is 9.19. The first-order valence-corrected chi connectivity index (χ1v) is 7.17. The maximum Gasteiger partial charge on any atom is 0.358 e. The van der Waals surface area contributed by atoms with Gasteiger partial charge >= 0.3 is 5.97 Å². The van der Waals surface area contributed by atoms with Crippen LogP contribution in [-0.4, -0.2) is 31.1 Å². The molecule has 0 atom stereocenters. The molecule has 0 spiro atoms. The van der Waals surface area contributed by atoms with Crippen LogP contribution in [-0.2, 0) is 13.0 Å². The zero-order valence-corrected chi connectivity index (χ0v) is 11.4. The molecule has 0 bridgehead atoms. The van der Waals surface area contributed by atoms with Crippen molar-refractivity contribution in [2.45, 2.75) is 38.6 Å². The van der Waals surface area contributed by atoms with Crippen LogP contribution in [0.15, 0.2) is 5.38 Å². The minimum atomic E-state index is -0.999. The van der Waals surface area contributed by atoms with Crippen molar-refractivity contribution in [3.8, 4) is 0 Å². The SMILES string of the molecule is CCc1nc(Cn2nnc(C(=O)O)c2C2CC2)cs1. The zero-order chi connectivity index (χ0) is 13.4. The summed E-state index contributed by atoms with van der Waals surface area (Å²) in [6.07, 6.45) is 2.95. The van der Waals surface area contributed by atoms with E-state index in [1.807, 2.05) is 5.38 Å². The molecule has 2 aromatic heterocycles. The molecule has 100 valence electrons. The van der Waals surface area contributed by atoms with E-state index in [0.717, 1.165) is 35.7 Å². The fourth-order valence-corrected chi connectivity index (χ4v) is 2.82. The van der Waals surface area contributed by atoms with Gasteiger partial charge in [-0.05, 0) is 19.3 Å². The largest absolute Gasteiger partial charge is 0.476 e. The summed E-state index contributed by atoms with van der Waals surface area (Å²) in [6, 6.07) is 0. The van der Waals surface area contributed by atoms with Crippen LogP contribution in [0.25, 0.3) is 0 Å². The number of carboxylic acids is 1. The quantitative estimate of drug-likeness (QED) is 0.903. The molecular weight excluding hydrogens is 264 g/mol. The van der Waals surface area contributed by atoms with Crippen molar-refractivity contribution >= 4 is 17.3 Å². The lowest BCUT2D eigenvalue weighted by Gasteiger charge is -2.03. The van der Waals surface area contributed by atoms with Crippen LogP contribution >= 0.6 is 11.3 Å². The Labute approximate surface area is 114 Å². The normalized spacial score (nSPS) is 14.8. The predicted octanol–water partition coefficient (Wildman–Crippen LogP) is 1.92. The number of nitrogens with zero attached hydrogens (tertiary/aromatic N) is 4. The number of aromatic nitrogens is 4. The molecule has 2 heterocycles. The van der Waals surface area contributed by atoms with Gasteiger partial charge in [0.2, 0.25) is 0 Å². The van der Waals surface area contributed by atoms with Crippen molar-refractivity contribution in [1.82, 2.24) is 20.0 Å². The summed E-state index contributed by atoms with van der Waals surface area (Å²) in [5, 5.41) is 20.0. The second-order valence-corrected chi connectivity index (χ2v) is 5.59. The van der Waals surface area contributed by atoms with Crippen molar-refractivity contribution < 1.29 is 9.90 Å². The van der Waals surface area contributed by atoms with E-state index in [0.29, 0.717) is 12.5 Å². The average Bonchev–Trinajstić information content (AvgIpc) is 2.98. The Morgan fingerprint density at radius 1 is 1.58 bits per heavy atom. The fourth-order valence-electron chi connectivity index (χ4n) is 2.09. The number of rotatable bonds is 5. The molecule has 2 aromatic rings. The van der Waals surface area contributed by atoms with Crippen LogP contribution in [0.1, 0.15) is 52.6 Å². The Hall–Kier alpha value is -1.76. The second kappa shape index (κ2) is 4.73. The topological polar surface area (TPSA) is 80.9 Å². The molecule has 7 heteroatoms. The third kappa shape index (κ3) is 2.37. The Kier molecular flexibility index (Phi) is 3.06. The summed E-state index contributed by atoms with van der Waals surface area (Å²) in [6.45, 7) is 2.57. The van der Waals surface area contributed by atoms with E-state index in [9.17, 15) is 4.79 Å². The average molecular weight is 278 g/mol. The molecular formula is C12H14N4O2S. The number of thiazole rings is 1. The summed E-state index contributed by atoms with van der Waals surface area (Å²) in [5.41, 5.74) is 1.76. The van der Waals surface area contributed by atoms with E-state index < -0.39 is 5.97 Å². The van der Waals surface area contributed by atoms with Crippen LogP contribution in [0.2, 0.25) is 0 Å². The third-order valence-corrected chi connectivity index (χ3v) is 4.20. The molecule has 0 aliphatic heterocycles. The van der Waals surface area contributed by atoms with Gasteiger partial charge in [-0.25, -0.2) is 14.5 Å². The fraction of sp³-hybridized carbons (Fsp3) is 0.500. The summed E-state index contributed by atoms with van der Waals surface area (Å²) in [4.78, 5) is 15.6. The highest BCUT2D eigenvalue weighted by molar-refractivity contribution is 7.09. The predicted molar refractivity (Wildman–Crippen MR) is 69.6 cm³/mol. The molecule has 1 aliphatic carbocycles. The van der Waals surface area contributed by atoms with Crippen LogP contribution in [0.3, 0.4) is 0 Å². The molecule has 19 heavy (non-hydrogen) atoms. The van der Waals surface area contributed by atoms with Gasteiger partial charge in [-0.1, -0.05) is 12.1 Å². The van der Waals surface area contributed by atoms with Crippen molar-refractivity contribution in [3.05, 3.63) is 27.5 Å². The summed E-state index contributed by atoms with van der Waals surface area (Å²) >= 11 is 1.62. The first kappa shape index (κ1) is 12.3. The van der Waals surface area contributed by atoms with Crippen LogP contribution in [0.4, 0.5) is 0 Å². The Bertz CT molecular complexity index is 615. The lowest BCUT2D eigenvalue weighted by Crippen LogP contribution is -2.08. The Morgan fingerprint density at radius 3 is 2.95 bits per heavy atom. The van der Waals surface area contributed by atoms with Crippen molar-refractivity contribution in [2.24, 2.45) is 0 Å². The summed E-state index contributed by atoms with van der Waals surface area (Å²) in [7, 11) is 0. The molecule has 0 saturated heterocycles. The van der Waals surface area contributed by atoms with E-state index in [1.165, 1.54) is 0 Å². The van der Waals surface area contributed by atoms with Gasteiger partial charge in [0.25, 0.3) is 0 Å². The lowest BCUT2D eigenvalue weighted by molar-refractivity contribution is 0.0689.